The maximum Gasteiger partial charge on any atom is 0.213 e. The number of piperazine rings is 1. The molecule has 1 aromatic carbocycles. The zero-order valence-corrected chi connectivity index (χ0v) is 20.9. The lowest BCUT2D eigenvalue weighted by Crippen LogP contribution is -2.52. The van der Waals surface area contributed by atoms with Gasteiger partial charge in [-0.25, -0.2) is 12.7 Å². The molecule has 1 aromatic rings. The van der Waals surface area contributed by atoms with Crippen molar-refractivity contribution in [3.63, 3.8) is 0 Å². The molecule has 0 radical (unpaired) electrons. The zero-order chi connectivity index (χ0) is 20.6. The third-order valence-electron chi connectivity index (χ3n) is 4.99. The number of sulfonamides is 1. The van der Waals surface area contributed by atoms with Crippen LogP contribution in [0.3, 0.4) is 0 Å². The van der Waals surface area contributed by atoms with Gasteiger partial charge < -0.3 is 19.9 Å². The number of ether oxygens (including phenoxy) is 1. The lowest BCUT2D eigenvalue weighted by molar-refractivity contribution is 0.366. The van der Waals surface area contributed by atoms with Crippen LogP contribution in [0.1, 0.15) is 13.3 Å². The number of benzene rings is 1. The molecule has 1 fully saturated rings. The van der Waals surface area contributed by atoms with E-state index < -0.39 is 10.0 Å². The summed E-state index contributed by atoms with van der Waals surface area (Å²) in [6, 6.07) is 8.08. The molecule has 0 aliphatic carbocycles. The summed E-state index contributed by atoms with van der Waals surface area (Å²) >= 11 is 0. The molecule has 1 heterocycles. The van der Waals surface area contributed by atoms with Crippen LogP contribution in [-0.4, -0.2) is 89.8 Å². The maximum atomic E-state index is 11.8. The van der Waals surface area contributed by atoms with Crippen molar-refractivity contribution in [3.8, 4) is 5.75 Å². The van der Waals surface area contributed by atoms with Crippen LogP contribution in [0.2, 0.25) is 0 Å². The summed E-state index contributed by atoms with van der Waals surface area (Å²) in [5.74, 6) is 1.89. The van der Waals surface area contributed by atoms with Crippen LogP contribution >= 0.6 is 24.0 Å². The molecule has 0 unspecified atom stereocenters. The molecule has 1 saturated heterocycles. The van der Waals surface area contributed by atoms with E-state index in [1.54, 1.807) is 28.1 Å². The fraction of sp³-hybridized carbons (Fsp3) is 0.632. The van der Waals surface area contributed by atoms with Crippen molar-refractivity contribution in [3.05, 3.63) is 24.3 Å². The number of hydrogen-bond acceptors (Lipinski definition) is 5. The Balaban J connectivity index is 0.00000420. The first kappa shape index (κ1) is 25.8. The van der Waals surface area contributed by atoms with E-state index in [-0.39, 0.29) is 29.7 Å². The first-order valence-electron chi connectivity index (χ1n) is 9.70. The van der Waals surface area contributed by atoms with Crippen LogP contribution in [0, 0.1) is 0 Å². The van der Waals surface area contributed by atoms with Crippen LogP contribution in [0.15, 0.2) is 29.3 Å². The number of rotatable bonds is 8. The first-order valence-corrected chi connectivity index (χ1v) is 11.3. The molecule has 10 heteroatoms. The highest BCUT2D eigenvalue weighted by Gasteiger charge is 2.21. The Morgan fingerprint density at radius 2 is 1.90 bits per heavy atom. The number of nitrogens with one attached hydrogen (secondary N) is 1. The minimum absolute atomic E-state index is 0. The summed E-state index contributed by atoms with van der Waals surface area (Å²) in [5.41, 5.74) is 1.12. The molecule has 1 N–H and O–H groups in total. The van der Waals surface area contributed by atoms with Gasteiger partial charge in [0.2, 0.25) is 10.0 Å². The maximum absolute atomic E-state index is 11.8. The van der Waals surface area contributed by atoms with Crippen LogP contribution in [0.4, 0.5) is 5.69 Å². The van der Waals surface area contributed by atoms with Gasteiger partial charge in [-0.1, -0.05) is 12.1 Å². The van der Waals surface area contributed by atoms with Crippen LogP contribution in [-0.2, 0) is 10.0 Å². The number of para-hydroxylation sites is 2. The number of halogens is 1. The van der Waals surface area contributed by atoms with Gasteiger partial charge in [0.05, 0.1) is 18.6 Å². The van der Waals surface area contributed by atoms with Gasteiger partial charge >= 0.3 is 0 Å². The molecule has 0 saturated carbocycles. The van der Waals surface area contributed by atoms with Gasteiger partial charge in [0.15, 0.2) is 5.96 Å². The van der Waals surface area contributed by atoms with Crippen LogP contribution in [0.5, 0.6) is 5.75 Å². The van der Waals surface area contributed by atoms with E-state index in [0.29, 0.717) is 13.1 Å². The molecule has 0 amide bonds. The van der Waals surface area contributed by atoms with Gasteiger partial charge in [0.1, 0.15) is 5.75 Å². The SMILES string of the molecule is CCS(=O)(=O)N(C)CCCNC(=NC)N1CCN(c2ccccc2OC)CC1.I. The van der Waals surface area contributed by atoms with Crippen molar-refractivity contribution in [1.29, 1.82) is 0 Å². The minimum atomic E-state index is -3.11. The summed E-state index contributed by atoms with van der Waals surface area (Å²) in [5, 5.41) is 3.35. The van der Waals surface area contributed by atoms with Gasteiger partial charge in [0, 0.05) is 53.4 Å². The predicted octanol–water partition coefficient (Wildman–Crippen LogP) is 1.68. The molecule has 1 aliphatic heterocycles. The van der Waals surface area contributed by atoms with Gasteiger partial charge in [-0.2, -0.15) is 0 Å². The number of hydrogen-bond donors (Lipinski definition) is 1. The second kappa shape index (κ2) is 12.4. The number of nitrogens with zero attached hydrogens (tertiary/aromatic N) is 4. The molecule has 8 nitrogen and oxygen atoms in total. The summed E-state index contributed by atoms with van der Waals surface area (Å²) in [7, 11) is 1.99. The Hall–Kier alpha value is -1.27. The molecule has 2 rings (SSSR count). The van der Waals surface area contributed by atoms with Crippen molar-refractivity contribution >= 4 is 45.6 Å². The van der Waals surface area contributed by atoms with E-state index in [2.05, 4.69) is 26.2 Å². The van der Waals surface area contributed by atoms with Gasteiger partial charge in [-0.15, -0.1) is 24.0 Å². The monoisotopic (exact) mass is 539 g/mol. The number of anilines is 1. The molecular formula is C19H34IN5O3S. The largest absolute Gasteiger partial charge is 0.495 e. The Morgan fingerprint density at radius 3 is 2.48 bits per heavy atom. The molecule has 29 heavy (non-hydrogen) atoms. The smallest absolute Gasteiger partial charge is 0.213 e. The third kappa shape index (κ3) is 7.18. The Bertz CT molecular complexity index is 752. The van der Waals surface area contributed by atoms with Crippen molar-refractivity contribution in [2.45, 2.75) is 13.3 Å². The highest BCUT2D eigenvalue weighted by molar-refractivity contribution is 14.0. The third-order valence-corrected chi connectivity index (χ3v) is 6.85. The van der Waals surface area contributed by atoms with E-state index in [9.17, 15) is 8.42 Å². The molecule has 0 atom stereocenters. The van der Waals surface area contributed by atoms with Crippen molar-refractivity contribution < 1.29 is 13.2 Å². The Labute approximate surface area is 192 Å². The van der Waals surface area contributed by atoms with E-state index in [1.165, 1.54) is 4.31 Å². The first-order chi connectivity index (χ1) is 13.4. The fourth-order valence-electron chi connectivity index (χ4n) is 3.24. The Morgan fingerprint density at radius 1 is 1.24 bits per heavy atom. The molecule has 166 valence electrons. The zero-order valence-electron chi connectivity index (χ0n) is 17.8. The summed E-state index contributed by atoms with van der Waals surface area (Å²) in [6.45, 7) is 6.35. The quantitative estimate of drug-likeness (QED) is 0.235. The number of aliphatic imine (C=N–C) groups is 1. The summed E-state index contributed by atoms with van der Waals surface area (Å²) in [6.07, 6.45) is 0.732. The normalized spacial score (nSPS) is 15.3. The van der Waals surface area contributed by atoms with Crippen molar-refractivity contribution in [2.75, 3.05) is 71.1 Å². The highest BCUT2D eigenvalue weighted by atomic mass is 127. The van der Waals surface area contributed by atoms with Gasteiger partial charge in [0.25, 0.3) is 0 Å². The van der Waals surface area contributed by atoms with Gasteiger partial charge in [-0.05, 0) is 25.5 Å². The highest BCUT2D eigenvalue weighted by Crippen LogP contribution is 2.28. The van der Waals surface area contributed by atoms with E-state index in [1.807, 2.05) is 18.2 Å². The topological polar surface area (TPSA) is 77.5 Å². The molecule has 0 bridgehead atoms. The average molecular weight is 539 g/mol. The fourth-order valence-corrected chi connectivity index (χ4v) is 4.09. The van der Waals surface area contributed by atoms with E-state index >= 15 is 0 Å². The van der Waals surface area contributed by atoms with E-state index in [0.717, 1.165) is 50.0 Å². The van der Waals surface area contributed by atoms with Crippen LogP contribution in [0.25, 0.3) is 0 Å². The predicted molar refractivity (Wildman–Crippen MR) is 130 cm³/mol. The lowest BCUT2D eigenvalue weighted by atomic mass is 10.2. The van der Waals surface area contributed by atoms with E-state index in [4.69, 9.17) is 4.74 Å². The van der Waals surface area contributed by atoms with Crippen molar-refractivity contribution in [1.82, 2.24) is 14.5 Å². The summed E-state index contributed by atoms with van der Waals surface area (Å²) < 4.78 is 30.5. The van der Waals surface area contributed by atoms with Crippen molar-refractivity contribution in [2.24, 2.45) is 4.99 Å². The lowest BCUT2D eigenvalue weighted by Gasteiger charge is -2.38. The number of guanidine groups is 1. The number of methoxy groups -OCH3 is 1. The molecule has 0 spiro atoms. The molecular weight excluding hydrogens is 505 g/mol. The second-order valence-electron chi connectivity index (χ2n) is 6.70. The Kier molecular flexibility index (Phi) is 11.0. The summed E-state index contributed by atoms with van der Waals surface area (Å²) in [4.78, 5) is 8.94. The van der Waals surface area contributed by atoms with Crippen LogP contribution < -0.4 is 15.0 Å². The molecule has 0 aromatic heterocycles. The minimum Gasteiger partial charge on any atom is -0.495 e. The average Bonchev–Trinajstić information content (AvgIpc) is 2.73. The molecule has 1 aliphatic rings. The van der Waals surface area contributed by atoms with Gasteiger partial charge in [-0.3, -0.25) is 4.99 Å². The second-order valence-corrected chi connectivity index (χ2v) is 9.06. The standard InChI is InChI=1S/C19H33N5O3S.HI/c1-5-28(25,26)22(3)12-8-11-21-19(20-2)24-15-13-23(14-16-24)17-9-6-7-10-18(17)27-4;/h6-7,9-10H,5,8,11-16H2,1-4H3,(H,20,21);1H.